The zero-order valence-electron chi connectivity index (χ0n) is 20.0. The first-order chi connectivity index (χ1) is 16.3. The topological polar surface area (TPSA) is 101 Å². The van der Waals surface area contributed by atoms with E-state index < -0.39 is 10.0 Å². The van der Waals surface area contributed by atoms with E-state index in [4.69, 9.17) is 4.74 Å². The normalized spacial score (nSPS) is 21.5. The molecule has 0 bridgehead atoms. The number of alkyl carbamates (subject to hydrolysis) is 1. The quantitative estimate of drug-likeness (QED) is 0.560. The van der Waals surface area contributed by atoms with Crippen LogP contribution >= 0.6 is 11.3 Å². The number of ether oxygens (including phenoxy) is 1. The average Bonchev–Trinajstić information content (AvgIpc) is 3.51. The van der Waals surface area contributed by atoms with Gasteiger partial charge in [0, 0.05) is 49.5 Å². The fraction of sp³-hybridized carbons (Fsp3) is 0.583. The summed E-state index contributed by atoms with van der Waals surface area (Å²) in [5, 5.41) is 7.05. The molecule has 2 aliphatic rings. The van der Waals surface area contributed by atoms with Gasteiger partial charge in [-0.1, -0.05) is 6.07 Å². The molecule has 2 fully saturated rings. The summed E-state index contributed by atoms with van der Waals surface area (Å²) in [5.41, 5.74) is 1.48. The number of hydrogen-bond acceptors (Lipinski definition) is 7. The summed E-state index contributed by atoms with van der Waals surface area (Å²) < 4.78 is 33.6. The number of thiazole rings is 1. The van der Waals surface area contributed by atoms with Crippen LogP contribution in [0.15, 0.2) is 29.3 Å². The Bertz CT molecular complexity index is 1100. The summed E-state index contributed by atoms with van der Waals surface area (Å²) in [6.07, 6.45) is 6.72. The summed E-state index contributed by atoms with van der Waals surface area (Å²) in [4.78, 5) is 17.8. The zero-order chi connectivity index (χ0) is 24.3. The number of aromatic nitrogens is 1. The number of anilines is 1. The van der Waals surface area contributed by atoms with Crippen molar-refractivity contribution in [2.24, 2.45) is 0 Å². The van der Waals surface area contributed by atoms with Crippen LogP contribution in [0, 0.1) is 0 Å². The van der Waals surface area contributed by atoms with Gasteiger partial charge in [-0.2, -0.15) is 4.31 Å². The molecule has 0 atom stereocenters. The first-order valence-corrected chi connectivity index (χ1v) is 14.3. The second kappa shape index (κ2) is 10.6. The summed E-state index contributed by atoms with van der Waals surface area (Å²) in [5.74, 6) is 0.313. The SMILES string of the molecule is CNc1ccc(-c2cnc([C@H]3CC[C@H](NC(=O)OC(C)C)CC3)s2)c(S(=O)(=O)N2CCCC2)c1. The molecule has 2 heterocycles. The third-order valence-corrected chi connectivity index (χ3v) is 9.61. The van der Waals surface area contributed by atoms with Crippen LogP contribution < -0.4 is 10.6 Å². The van der Waals surface area contributed by atoms with E-state index in [-0.39, 0.29) is 18.2 Å². The monoisotopic (exact) mass is 506 g/mol. The largest absolute Gasteiger partial charge is 0.447 e. The highest BCUT2D eigenvalue weighted by Gasteiger charge is 2.31. The average molecular weight is 507 g/mol. The van der Waals surface area contributed by atoms with Gasteiger partial charge < -0.3 is 15.4 Å². The molecule has 8 nitrogen and oxygen atoms in total. The number of hydrogen-bond donors (Lipinski definition) is 2. The minimum atomic E-state index is -3.57. The Labute approximate surface area is 206 Å². The Balaban J connectivity index is 1.50. The number of nitrogens with one attached hydrogen (secondary N) is 2. The van der Waals surface area contributed by atoms with Crippen LogP contribution in [-0.2, 0) is 14.8 Å². The fourth-order valence-corrected chi connectivity index (χ4v) is 7.60. The number of carbonyl (C=O) groups excluding carboxylic acids is 1. The van der Waals surface area contributed by atoms with Crippen molar-refractivity contribution >= 4 is 33.1 Å². The molecular formula is C24H34N4O4S2. The standard InChI is InChI=1S/C24H34N4O4S2/c1-16(2)32-24(29)27-18-8-6-17(7-9-18)23-26-15-21(33-23)20-11-10-19(25-3)14-22(20)34(30,31)28-12-4-5-13-28/h10-11,14-18,25H,4-9,12-13H2,1-3H3,(H,27,29)/t17-,18-. The Morgan fingerprint density at radius 2 is 1.88 bits per heavy atom. The molecule has 1 aromatic carbocycles. The smallest absolute Gasteiger partial charge is 0.407 e. The van der Waals surface area contributed by atoms with Crippen LogP contribution in [0.3, 0.4) is 0 Å². The van der Waals surface area contributed by atoms with Crippen molar-refractivity contribution in [3.63, 3.8) is 0 Å². The number of sulfonamides is 1. The maximum atomic E-state index is 13.4. The molecule has 0 spiro atoms. The van der Waals surface area contributed by atoms with Crippen LogP contribution in [0.25, 0.3) is 10.4 Å². The van der Waals surface area contributed by atoms with Gasteiger partial charge in [-0.15, -0.1) is 11.3 Å². The highest BCUT2D eigenvalue weighted by Crippen LogP contribution is 2.40. The third-order valence-electron chi connectivity index (χ3n) is 6.48. The molecule has 1 saturated heterocycles. The van der Waals surface area contributed by atoms with Crippen LogP contribution in [-0.4, -0.2) is 56.1 Å². The molecule has 0 radical (unpaired) electrons. The molecule has 4 rings (SSSR count). The number of rotatable bonds is 7. The van der Waals surface area contributed by atoms with Gasteiger partial charge in [0.05, 0.1) is 20.9 Å². The van der Waals surface area contributed by atoms with Gasteiger partial charge in [0.1, 0.15) is 0 Å². The van der Waals surface area contributed by atoms with Crippen LogP contribution in [0.1, 0.15) is 63.3 Å². The van der Waals surface area contributed by atoms with Crippen molar-refractivity contribution in [3.05, 3.63) is 29.4 Å². The van der Waals surface area contributed by atoms with E-state index in [1.807, 2.05) is 32.2 Å². The number of nitrogens with zero attached hydrogens (tertiary/aromatic N) is 2. The van der Waals surface area contributed by atoms with E-state index in [1.54, 1.807) is 28.8 Å². The third kappa shape index (κ3) is 5.55. The maximum absolute atomic E-state index is 13.4. The summed E-state index contributed by atoms with van der Waals surface area (Å²) in [6.45, 7) is 4.82. The molecule has 186 valence electrons. The lowest BCUT2D eigenvalue weighted by atomic mass is 9.86. The molecule has 1 saturated carbocycles. The molecule has 2 N–H and O–H groups in total. The van der Waals surface area contributed by atoms with E-state index in [0.29, 0.717) is 29.5 Å². The van der Waals surface area contributed by atoms with Gasteiger partial charge in [0.15, 0.2) is 0 Å². The molecule has 2 aromatic rings. The minimum Gasteiger partial charge on any atom is -0.447 e. The van der Waals surface area contributed by atoms with Gasteiger partial charge in [0.25, 0.3) is 0 Å². The van der Waals surface area contributed by atoms with Crippen molar-refractivity contribution in [3.8, 4) is 10.4 Å². The maximum Gasteiger partial charge on any atom is 0.407 e. The molecule has 1 amide bonds. The van der Waals surface area contributed by atoms with Gasteiger partial charge in [-0.3, -0.25) is 0 Å². The summed E-state index contributed by atoms with van der Waals surface area (Å²) >= 11 is 1.58. The van der Waals surface area contributed by atoms with Crippen LogP contribution in [0.2, 0.25) is 0 Å². The number of amides is 1. The Morgan fingerprint density at radius 3 is 2.53 bits per heavy atom. The Morgan fingerprint density at radius 1 is 1.18 bits per heavy atom. The molecule has 1 aliphatic heterocycles. The molecular weight excluding hydrogens is 472 g/mol. The minimum absolute atomic E-state index is 0.119. The van der Waals surface area contributed by atoms with Gasteiger partial charge >= 0.3 is 6.09 Å². The summed E-state index contributed by atoms with van der Waals surface area (Å²) in [6, 6.07) is 5.64. The number of benzene rings is 1. The van der Waals surface area contributed by atoms with Gasteiger partial charge in [-0.25, -0.2) is 18.2 Å². The molecule has 34 heavy (non-hydrogen) atoms. The van der Waals surface area contributed by atoms with Gasteiger partial charge in [-0.05, 0) is 64.5 Å². The predicted molar refractivity (Wildman–Crippen MR) is 135 cm³/mol. The molecule has 1 aliphatic carbocycles. The van der Waals surface area contributed by atoms with Crippen LogP contribution in [0.4, 0.5) is 10.5 Å². The summed E-state index contributed by atoms with van der Waals surface area (Å²) in [7, 11) is -1.78. The molecule has 0 unspecified atom stereocenters. The van der Waals surface area contributed by atoms with Crippen molar-refractivity contribution in [1.29, 1.82) is 0 Å². The van der Waals surface area contributed by atoms with Crippen molar-refractivity contribution in [2.45, 2.75) is 75.3 Å². The van der Waals surface area contributed by atoms with Crippen molar-refractivity contribution in [1.82, 2.24) is 14.6 Å². The lowest BCUT2D eigenvalue weighted by Gasteiger charge is -2.28. The van der Waals surface area contributed by atoms with E-state index >= 15 is 0 Å². The van der Waals surface area contributed by atoms with E-state index in [1.165, 1.54) is 0 Å². The lowest BCUT2D eigenvalue weighted by Crippen LogP contribution is -2.38. The van der Waals surface area contributed by atoms with Crippen LogP contribution in [0.5, 0.6) is 0 Å². The Kier molecular flexibility index (Phi) is 7.79. The highest BCUT2D eigenvalue weighted by molar-refractivity contribution is 7.89. The molecule has 10 heteroatoms. The Hall–Kier alpha value is -2.17. The zero-order valence-corrected chi connectivity index (χ0v) is 21.7. The van der Waals surface area contributed by atoms with E-state index in [0.717, 1.165) is 54.1 Å². The predicted octanol–water partition coefficient (Wildman–Crippen LogP) is 4.80. The first-order valence-electron chi connectivity index (χ1n) is 12.0. The van der Waals surface area contributed by atoms with Gasteiger partial charge in [0.2, 0.25) is 10.0 Å². The van der Waals surface area contributed by atoms with E-state index in [2.05, 4.69) is 15.6 Å². The fourth-order valence-electron chi connectivity index (χ4n) is 4.66. The lowest BCUT2D eigenvalue weighted by molar-refractivity contribution is 0.109. The second-order valence-electron chi connectivity index (χ2n) is 9.28. The van der Waals surface area contributed by atoms with Crippen molar-refractivity contribution in [2.75, 3.05) is 25.5 Å². The number of carbonyl (C=O) groups is 1. The molecule has 1 aromatic heterocycles. The van der Waals surface area contributed by atoms with Crippen molar-refractivity contribution < 1.29 is 17.9 Å². The van der Waals surface area contributed by atoms with E-state index in [9.17, 15) is 13.2 Å². The second-order valence-corrected chi connectivity index (χ2v) is 12.3. The first kappa shape index (κ1) is 24.9. The highest BCUT2D eigenvalue weighted by atomic mass is 32.2.